The van der Waals surface area contributed by atoms with Gasteiger partial charge in [0.1, 0.15) is 5.75 Å². The van der Waals surface area contributed by atoms with E-state index in [1.165, 1.54) is 12.2 Å². The monoisotopic (exact) mass is 207 g/mol. The molecule has 15 heavy (non-hydrogen) atoms. The normalized spacial score (nSPS) is 15.1. The molecule has 1 aliphatic rings. The van der Waals surface area contributed by atoms with Crippen LogP contribution in [0.2, 0.25) is 0 Å². The zero-order valence-corrected chi connectivity index (χ0v) is 8.82. The van der Waals surface area contributed by atoms with E-state index in [9.17, 15) is 4.79 Å². The summed E-state index contributed by atoms with van der Waals surface area (Å²) in [5.74, 6) is 0.800. The fourth-order valence-corrected chi connectivity index (χ4v) is 1.76. The quantitative estimate of drug-likeness (QED) is 0.738. The summed E-state index contributed by atoms with van der Waals surface area (Å²) in [4.78, 5) is 16.6. The molecule has 0 aromatic heterocycles. The van der Waals surface area contributed by atoms with Gasteiger partial charge in [0.05, 0.1) is 19.9 Å². The van der Waals surface area contributed by atoms with Gasteiger partial charge in [-0.1, -0.05) is 0 Å². The van der Waals surface area contributed by atoms with Crippen molar-refractivity contribution >= 4 is 11.6 Å². The second-order valence-electron chi connectivity index (χ2n) is 3.37. The fourth-order valence-electron chi connectivity index (χ4n) is 1.76. The van der Waals surface area contributed by atoms with E-state index in [2.05, 4.69) is 0 Å². The Hall–Kier alpha value is -1.55. The first-order chi connectivity index (χ1) is 7.26. The van der Waals surface area contributed by atoms with Gasteiger partial charge in [-0.05, 0) is 30.2 Å². The van der Waals surface area contributed by atoms with Crippen LogP contribution in [-0.2, 0) is 16.1 Å². The van der Waals surface area contributed by atoms with Crippen LogP contribution in [-0.4, -0.2) is 20.1 Å². The molecule has 1 aromatic carbocycles. The van der Waals surface area contributed by atoms with E-state index in [0.717, 1.165) is 23.4 Å². The van der Waals surface area contributed by atoms with Crippen molar-refractivity contribution in [3.8, 4) is 5.75 Å². The first-order valence-electron chi connectivity index (χ1n) is 4.80. The molecule has 0 fully saturated rings. The Morgan fingerprint density at radius 1 is 1.27 bits per heavy atom. The van der Waals surface area contributed by atoms with E-state index in [0.29, 0.717) is 6.42 Å². The van der Waals surface area contributed by atoms with Gasteiger partial charge in [-0.25, -0.2) is 0 Å². The summed E-state index contributed by atoms with van der Waals surface area (Å²) < 4.78 is 5.13. The number of amides is 1. The predicted octanol–water partition coefficient (Wildman–Crippen LogP) is 1.54. The number of carbonyl (C=O) groups excluding carboxylic acids is 1. The number of nitrogens with zero attached hydrogens (tertiary/aromatic N) is 1. The number of aryl methyl sites for hydroxylation is 1. The molecular weight excluding hydrogens is 194 g/mol. The van der Waals surface area contributed by atoms with Crippen molar-refractivity contribution in [1.82, 2.24) is 0 Å². The van der Waals surface area contributed by atoms with Crippen LogP contribution in [0.3, 0.4) is 0 Å². The number of methoxy groups -OCH3 is 1. The van der Waals surface area contributed by atoms with Crippen molar-refractivity contribution in [1.29, 1.82) is 0 Å². The van der Waals surface area contributed by atoms with Crippen molar-refractivity contribution in [2.45, 2.75) is 12.8 Å². The average Bonchev–Trinajstić information content (AvgIpc) is 2.28. The third-order valence-electron chi connectivity index (χ3n) is 2.52. The minimum Gasteiger partial charge on any atom is -0.497 e. The largest absolute Gasteiger partial charge is 0.497 e. The SMILES string of the molecule is COc1ccc2c(c1)CCC(=O)N2OC. The second-order valence-corrected chi connectivity index (χ2v) is 3.37. The van der Waals surface area contributed by atoms with Crippen LogP contribution in [0.25, 0.3) is 0 Å². The Morgan fingerprint density at radius 3 is 2.73 bits per heavy atom. The second kappa shape index (κ2) is 3.90. The predicted molar refractivity (Wildman–Crippen MR) is 55.8 cm³/mol. The highest BCUT2D eigenvalue weighted by atomic mass is 16.7. The number of rotatable bonds is 2. The summed E-state index contributed by atoms with van der Waals surface area (Å²) >= 11 is 0. The number of benzene rings is 1. The molecule has 0 atom stereocenters. The summed E-state index contributed by atoms with van der Waals surface area (Å²) in [5, 5.41) is 1.33. The number of carbonyl (C=O) groups is 1. The number of anilines is 1. The highest BCUT2D eigenvalue weighted by Crippen LogP contribution is 2.30. The van der Waals surface area contributed by atoms with Gasteiger partial charge in [-0.2, -0.15) is 5.06 Å². The van der Waals surface area contributed by atoms with Gasteiger partial charge in [0.2, 0.25) is 0 Å². The fraction of sp³-hybridized carbons (Fsp3) is 0.364. The first-order valence-corrected chi connectivity index (χ1v) is 4.80. The number of ether oxygens (including phenoxy) is 1. The molecule has 0 aliphatic carbocycles. The minimum absolute atomic E-state index is 0.00448. The topological polar surface area (TPSA) is 38.8 Å². The number of hydrogen-bond acceptors (Lipinski definition) is 3. The summed E-state index contributed by atoms with van der Waals surface area (Å²) in [7, 11) is 3.13. The van der Waals surface area contributed by atoms with E-state index in [-0.39, 0.29) is 5.91 Å². The maximum Gasteiger partial charge on any atom is 0.251 e. The lowest BCUT2D eigenvalue weighted by atomic mass is 10.0. The van der Waals surface area contributed by atoms with E-state index in [1.807, 2.05) is 18.2 Å². The molecule has 4 nitrogen and oxygen atoms in total. The average molecular weight is 207 g/mol. The van der Waals surface area contributed by atoms with Gasteiger partial charge in [0.25, 0.3) is 5.91 Å². The van der Waals surface area contributed by atoms with Gasteiger partial charge in [0, 0.05) is 6.42 Å². The molecule has 0 radical (unpaired) electrons. The number of hydroxylamine groups is 1. The smallest absolute Gasteiger partial charge is 0.251 e. The summed E-state index contributed by atoms with van der Waals surface area (Å²) in [6.07, 6.45) is 1.22. The van der Waals surface area contributed by atoms with Gasteiger partial charge in [-0.15, -0.1) is 0 Å². The Balaban J connectivity index is 2.42. The van der Waals surface area contributed by atoms with E-state index < -0.39 is 0 Å². The Kier molecular flexibility index (Phi) is 2.60. The lowest BCUT2D eigenvalue weighted by Gasteiger charge is -2.26. The molecule has 1 amide bonds. The molecule has 80 valence electrons. The molecule has 1 heterocycles. The molecule has 2 rings (SSSR count). The molecule has 0 saturated heterocycles. The van der Waals surface area contributed by atoms with Crippen LogP contribution >= 0.6 is 0 Å². The standard InChI is InChI=1S/C11H13NO3/c1-14-9-4-5-10-8(7-9)3-6-11(13)12(10)15-2/h4-5,7H,3,6H2,1-2H3. The Morgan fingerprint density at radius 2 is 2.07 bits per heavy atom. The zero-order chi connectivity index (χ0) is 10.8. The van der Waals surface area contributed by atoms with Crippen molar-refractivity contribution in [2.24, 2.45) is 0 Å². The summed E-state index contributed by atoms with van der Waals surface area (Å²) in [6, 6.07) is 5.60. The summed E-state index contributed by atoms with van der Waals surface area (Å²) in [6.45, 7) is 0. The number of hydrogen-bond donors (Lipinski definition) is 0. The Labute approximate surface area is 88.4 Å². The molecule has 0 spiro atoms. The number of fused-ring (bicyclic) bond motifs is 1. The molecule has 0 bridgehead atoms. The zero-order valence-electron chi connectivity index (χ0n) is 8.82. The van der Waals surface area contributed by atoms with Crippen LogP contribution in [0, 0.1) is 0 Å². The maximum atomic E-state index is 11.5. The highest BCUT2D eigenvalue weighted by Gasteiger charge is 2.24. The molecular formula is C11H13NO3. The maximum absolute atomic E-state index is 11.5. The summed E-state index contributed by atoms with van der Waals surface area (Å²) in [5.41, 5.74) is 1.89. The van der Waals surface area contributed by atoms with Crippen LogP contribution in [0.5, 0.6) is 5.75 Å². The van der Waals surface area contributed by atoms with E-state index in [4.69, 9.17) is 9.57 Å². The van der Waals surface area contributed by atoms with Crippen molar-refractivity contribution in [2.75, 3.05) is 19.3 Å². The first kappa shape index (κ1) is 9.98. The third-order valence-corrected chi connectivity index (χ3v) is 2.52. The van der Waals surface area contributed by atoms with Gasteiger partial charge >= 0.3 is 0 Å². The molecule has 0 saturated carbocycles. The van der Waals surface area contributed by atoms with E-state index in [1.54, 1.807) is 7.11 Å². The third kappa shape index (κ3) is 1.68. The van der Waals surface area contributed by atoms with Crippen molar-refractivity contribution in [3.05, 3.63) is 23.8 Å². The molecule has 0 unspecified atom stereocenters. The van der Waals surface area contributed by atoms with E-state index >= 15 is 0 Å². The lowest BCUT2D eigenvalue weighted by molar-refractivity contribution is -0.125. The molecule has 4 heteroatoms. The minimum atomic E-state index is -0.00448. The van der Waals surface area contributed by atoms with Gasteiger partial charge in [0.15, 0.2) is 0 Å². The van der Waals surface area contributed by atoms with Crippen LogP contribution in [0.4, 0.5) is 5.69 Å². The van der Waals surface area contributed by atoms with Crippen molar-refractivity contribution in [3.63, 3.8) is 0 Å². The van der Waals surface area contributed by atoms with Gasteiger partial charge < -0.3 is 4.74 Å². The van der Waals surface area contributed by atoms with Crippen LogP contribution in [0.1, 0.15) is 12.0 Å². The Bertz CT molecular complexity index is 389. The molecule has 0 N–H and O–H groups in total. The van der Waals surface area contributed by atoms with Crippen LogP contribution < -0.4 is 9.80 Å². The molecule has 1 aliphatic heterocycles. The lowest BCUT2D eigenvalue weighted by Crippen LogP contribution is -2.33. The molecule has 1 aromatic rings. The highest BCUT2D eigenvalue weighted by molar-refractivity contribution is 5.94. The van der Waals surface area contributed by atoms with Crippen LogP contribution in [0.15, 0.2) is 18.2 Å². The van der Waals surface area contributed by atoms with Crippen molar-refractivity contribution < 1.29 is 14.4 Å². The van der Waals surface area contributed by atoms with Gasteiger partial charge in [-0.3, -0.25) is 9.63 Å².